The number of nitrogens with zero attached hydrogens (tertiary/aromatic N) is 1. The average Bonchev–Trinajstić information content (AvgIpc) is 2.68. The highest BCUT2D eigenvalue weighted by Crippen LogP contribution is 2.15. The second-order valence-electron chi connectivity index (χ2n) is 3.08. The summed E-state index contributed by atoms with van der Waals surface area (Å²) < 4.78 is 0. The van der Waals surface area contributed by atoms with Crippen LogP contribution < -0.4 is 16.2 Å². The maximum Gasteiger partial charge on any atom is 0.248 e. The van der Waals surface area contributed by atoms with Crippen LogP contribution in [0.4, 0.5) is 5.69 Å². The Hall–Kier alpha value is -1.97. The van der Waals surface area contributed by atoms with E-state index < -0.39 is 0 Å². The van der Waals surface area contributed by atoms with E-state index in [2.05, 4.69) is 5.43 Å². The SMILES string of the molecule is NC(=O)C1=CNN(c2ccccc2)C1. The lowest BCUT2D eigenvalue weighted by atomic mass is 10.2. The van der Waals surface area contributed by atoms with Gasteiger partial charge < -0.3 is 11.2 Å². The number of anilines is 1. The average molecular weight is 189 g/mol. The number of nitrogens with two attached hydrogens (primary N) is 1. The number of amides is 1. The van der Waals surface area contributed by atoms with E-state index in [9.17, 15) is 4.79 Å². The number of carbonyl (C=O) groups excluding carboxylic acids is 1. The van der Waals surface area contributed by atoms with Gasteiger partial charge in [0.15, 0.2) is 0 Å². The van der Waals surface area contributed by atoms with Crippen molar-refractivity contribution in [3.05, 3.63) is 42.1 Å². The molecule has 1 aliphatic rings. The van der Waals surface area contributed by atoms with Gasteiger partial charge in [-0.05, 0) is 12.1 Å². The molecule has 4 heteroatoms. The summed E-state index contributed by atoms with van der Waals surface area (Å²) in [7, 11) is 0. The van der Waals surface area contributed by atoms with Gasteiger partial charge in [-0.15, -0.1) is 0 Å². The Labute approximate surface area is 82.0 Å². The number of hydrazine groups is 1. The highest BCUT2D eigenvalue weighted by molar-refractivity contribution is 5.93. The maximum atomic E-state index is 10.9. The van der Waals surface area contributed by atoms with E-state index in [0.717, 1.165) is 5.69 Å². The molecule has 0 spiro atoms. The molecule has 0 radical (unpaired) electrons. The van der Waals surface area contributed by atoms with Crippen molar-refractivity contribution in [1.29, 1.82) is 0 Å². The predicted molar refractivity (Wildman–Crippen MR) is 54.2 cm³/mol. The molecular weight excluding hydrogens is 178 g/mol. The predicted octanol–water partition coefficient (Wildman–Crippen LogP) is 0.380. The monoisotopic (exact) mass is 189 g/mol. The quantitative estimate of drug-likeness (QED) is 0.707. The van der Waals surface area contributed by atoms with Gasteiger partial charge >= 0.3 is 0 Å². The number of hydrogen-bond acceptors (Lipinski definition) is 3. The molecular formula is C10H11N3O. The molecule has 0 aliphatic carbocycles. The fraction of sp³-hybridized carbons (Fsp3) is 0.100. The Morgan fingerprint density at radius 1 is 1.36 bits per heavy atom. The molecule has 14 heavy (non-hydrogen) atoms. The topological polar surface area (TPSA) is 58.4 Å². The minimum Gasteiger partial charge on any atom is -0.366 e. The van der Waals surface area contributed by atoms with E-state index in [-0.39, 0.29) is 5.91 Å². The van der Waals surface area contributed by atoms with Crippen LogP contribution in [0.25, 0.3) is 0 Å². The van der Waals surface area contributed by atoms with Crippen molar-refractivity contribution < 1.29 is 4.79 Å². The minimum absolute atomic E-state index is 0.379. The van der Waals surface area contributed by atoms with Gasteiger partial charge in [-0.1, -0.05) is 18.2 Å². The van der Waals surface area contributed by atoms with Crippen molar-refractivity contribution in [1.82, 2.24) is 5.43 Å². The molecule has 0 saturated carbocycles. The smallest absolute Gasteiger partial charge is 0.248 e. The molecule has 0 fully saturated rings. The lowest BCUT2D eigenvalue weighted by Gasteiger charge is -2.18. The highest BCUT2D eigenvalue weighted by atomic mass is 16.1. The third kappa shape index (κ3) is 1.54. The number of para-hydroxylation sites is 1. The summed E-state index contributed by atoms with van der Waals surface area (Å²) in [5.41, 5.74) is 9.74. The molecule has 1 heterocycles. The zero-order valence-electron chi connectivity index (χ0n) is 7.60. The van der Waals surface area contributed by atoms with Gasteiger partial charge in [0.05, 0.1) is 17.8 Å². The Bertz CT molecular complexity index is 372. The molecule has 3 N–H and O–H groups in total. The van der Waals surface area contributed by atoms with E-state index >= 15 is 0 Å². The molecule has 4 nitrogen and oxygen atoms in total. The van der Waals surface area contributed by atoms with Crippen molar-refractivity contribution in [3.63, 3.8) is 0 Å². The molecule has 0 atom stereocenters. The van der Waals surface area contributed by atoms with E-state index in [4.69, 9.17) is 5.73 Å². The summed E-state index contributed by atoms with van der Waals surface area (Å²) in [6.45, 7) is 0.513. The molecule has 0 bridgehead atoms. The number of hydrogen-bond donors (Lipinski definition) is 2. The van der Waals surface area contributed by atoms with Gasteiger partial charge in [-0.25, -0.2) is 0 Å². The molecule has 2 rings (SSSR count). The van der Waals surface area contributed by atoms with E-state index in [1.54, 1.807) is 6.20 Å². The van der Waals surface area contributed by atoms with E-state index in [0.29, 0.717) is 12.1 Å². The number of rotatable bonds is 2. The highest BCUT2D eigenvalue weighted by Gasteiger charge is 2.17. The van der Waals surface area contributed by atoms with E-state index in [1.165, 1.54) is 0 Å². The number of carbonyl (C=O) groups is 1. The normalized spacial score (nSPS) is 14.9. The Balaban J connectivity index is 2.10. The second-order valence-corrected chi connectivity index (χ2v) is 3.08. The summed E-state index contributed by atoms with van der Waals surface area (Å²) in [5, 5.41) is 1.86. The first kappa shape index (κ1) is 8.62. The number of nitrogens with one attached hydrogen (secondary N) is 1. The lowest BCUT2D eigenvalue weighted by Crippen LogP contribution is -2.30. The maximum absolute atomic E-state index is 10.9. The van der Waals surface area contributed by atoms with Crippen LogP contribution in [0.1, 0.15) is 0 Å². The Morgan fingerprint density at radius 3 is 2.64 bits per heavy atom. The standard InChI is InChI=1S/C10H11N3O/c11-10(14)8-6-12-13(7-8)9-4-2-1-3-5-9/h1-6,12H,7H2,(H2,11,14). The third-order valence-electron chi connectivity index (χ3n) is 2.11. The first-order chi connectivity index (χ1) is 6.77. The van der Waals surface area contributed by atoms with E-state index in [1.807, 2.05) is 35.3 Å². The molecule has 72 valence electrons. The zero-order chi connectivity index (χ0) is 9.97. The number of benzene rings is 1. The van der Waals surface area contributed by atoms with Crippen molar-refractivity contribution in [2.45, 2.75) is 0 Å². The van der Waals surface area contributed by atoms with Crippen LogP contribution >= 0.6 is 0 Å². The van der Waals surface area contributed by atoms with Gasteiger partial charge in [0.25, 0.3) is 0 Å². The van der Waals surface area contributed by atoms with Gasteiger partial charge in [-0.3, -0.25) is 9.80 Å². The Kier molecular flexibility index (Phi) is 2.10. The van der Waals surface area contributed by atoms with Crippen LogP contribution in [0.15, 0.2) is 42.1 Å². The number of primary amides is 1. The van der Waals surface area contributed by atoms with Crippen LogP contribution in [0.2, 0.25) is 0 Å². The zero-order valence-corrected chi connectivity index (χ0v) is 7.60. The molecule has 0 unspecified atom stereocenters. The summed E-state index contributed by atoms with van der Waals surface area (Å²) in [6, 6.07) is 9.76. The fourth-order valence-corrected chi connectivity index (χ4v) is 1.34. The summed E-state index contributed by atoms with van der Waals surface area (Å²) >= 11 is 0. The second kappa shape index (κ2) is 3.41. The van der Waals surface area contributed by atoms with Crippen LogP contribution in [-0.4, -0.2) is 12.5 Å². The minimum atomic E-state index is -0.379. The van der Waals surface area contributed by atoms with Crippen LogP contribution in [0.3, 0.4) is 0 Å². The summed E-state index contributed by atoms with van der Waals surface area (Å²) in [6.07, 6.45) is 1.63. The molecule has 1 aromatic rings. The van der Waals surface area contributed by atoms with Crippen molar-refractivity contribution in [2.75, 3.05) is 11.6 Å². The van der Waals surface area contributed by atoms with Gasteiger partial charge in [-0.2, -0.15) is 0 Å². The first-order valence-corrected chi connectivity index (χ1v) is 4.35. The van der Waals surface area contributed by atoms with Crippen molar-refractivity contribution >= 4 is 11.6 Å². The molecule has 1 amide bonds. The van der Waals surface area contributed by atoms with Crippen LogP contribution in [-0.2, 0) is 4.79 Å². The van der Waals surface area contributed by atoms with Crippen molar-refractivity contribution in [3.8, 4) is 0 Å². The molecule has 1 aliphatic heterocycles. The van der Waals surface area contributed by atoms with Gasteiger partial charge in [0.1, 0.15) is 0 Å². The third-order valence-corrected chi connectivity index (χ3v) is 2.11. The van der Waals surface area contributed by atoms with Crippen LogP contribution in [0, 0.1) is 0 Å². The fourth-order valence-electron chi connectivity index (χ4n) is 1.34. The first-order valence-electron chi connectivity index (χ1n) is 4.35. The molecule has 0 aromatic heterocycles. The Morgan fingerprint density at radius 2 is 2.07 bits per heavy atom. The largest absolute Gasteiger partial charge is 0.366 e. The summed E-state index contributed by atoms with van der Waals surface area (Å²) in [4.78, 5) is 10.9. The molecule has 0 saturated heterocycles. The van der Waals surface area contributed by atoms with Crippen LogP contribution in [0.5, 0.6) is 0 Å². The lowest BCUT2D eigenvalue weighted by molar-refractivity contribution is -0.114. The van der Waals surface area contributed by atoms with Gasteiger partial charge in [0, 0.05) is 6.20 Å². The van der Waals surface area contributed by atoms with Crippen molar-refractivity contribution in [2.24, 2.45) is 5.73 Å². The summed E-state index contributed by atoms with van der Waals surface area (Å²) in [5.74, 6) is -0.379. The molecule has 1 aromatic carbocycles. The van der Waals surface area contributed by atoms with Gasteiger partial charge in [0.2, 0.25) is 5.91 Å².